The van der Waals surface area contributed by atoms with Gasteiger partial charge in [0.1, 0.15) is 6.54 Å². The van der Waals surface area contributed by atoms with Gasteiger partial charge in [0.2, 0.25) is 0 Å². The first-order valence-corrected chi connectivity index (χ1v) is 8.53. The van der Waals surface area contributed by atoms with E-state index in [1.807, 2.05) is 14.1 Å². The Labute approximate surface area is 156 Å². The van der Waals surface area contributed by atoms with Gasteiger partial charge in [-0.05, 0) is 6.92 Å². The number of hydrogen-bond donors (Lipinski definition) is 1. The van der Waals surface area contributed by atoms with Crippen molar-refractivity contribution in [3.05, 3.63) is 12.2 Å². The number of hydrogen-bond acceptors (Lipinski definition) is 5. The molecule has 0 aliphatic rings. The molecular formula is C18H35N2O6+. The summed E-state index contributed by atoms with van der Waals surface area (Å²) in [5, 5.41) is 18.5. The molecule has 0 fully saturated rings. The summed E-state index contributed by atoms with van der Waals surface area (Å²) >= 11 is 0. The van der Waals surface area contributed by atoms with E-state index in [1.54, 1.807) is 28.1 Å². The molecule has 0 aromatic heterocycles. The molecular weight excluding hydrogens is 340 g/mol. The van der Waals surface area contributed by atoms with E-state index in [0.717, 1.165) is 24.0 Å². The smallest absolute Gasteiger partial charge is 0.333 e. The zero-order valence-corrected chi connectivity index (χ0v) is 17.0. The molecule has 26 heavy (non-hydrogen) atoms. The lowest BCUT2D eigenvalue weighted by Crippen LogP contribution is -2.45. The lowest BCUT2D eigenvalue weighted by molar-refractivity contribution is -0.890. The minimum absolute atomic E-state index is 0.0694. The molecule has 0 aromatic rings. The fourth-order valence-electron chi connectivity index (χ4n) is 1.94. The third-order valence-electron chi connectivity index (χ3n) is 3.25. The van der Waals surface area contributed by atoms with E-state index in [9.17, 15) is 19.5 Å². The number of ether oxygens (including phenoxy) is 1. The Kier molecular flexibility index (Phi) is 12.6. The van der Waals surface area contributed by atoms with Gasteiger partial charge in [0.05, 0.1) is 67.3 Å². The molecule has 0 heterocycles. The van der Waals surface area contributed by atoms with Crippen LogP contribution in [0.4, 0.5) is 0 Å². The van der Waals surface area contributed by atoms with Gasteiger partial charge in [-0.15, -0.1) is 0 Å². The van der Waals surface area contributed by atoms with E-state index in [4.69, 9.17) is 9.84 Å². The van der Waals surface area contributed by atoms with E-state index < -0.39 is 11.9 Å². The van der Waals surface area contributed by atoms with Crippen LogP contribution in [-0.4, -0.2) is 93.5 Å². The Morgan fingerprint density at radius 3 is 1.88 bits per heavy atom. The van der Waals surface area contributed by atoms with Crippen molar-refractivity contribution in [1.82, 2.24) is 0 Å². The van der Waals surface area contributed by atoms with Gasteiger partial charge in [-0.2, -0.15) is 0 Å². The number of esters is 1. The van der Waals surface area contributed by atoms with E-state index in [1.165, 1.54) is 0 Å². The molecule has 0 radical (unpaired) electrons. The predicted molar refractivity (Wildman–Crippen MR) is 97.0 cm³/mol. The number of carboxylic acids is 2. The SMILES string of the molecule is C=C(C)C(=O)OCCC[N+](C)(C)CCCC(=O)O.C[N+](C)(C)CC(=O)[O-]. The maximum absolute atomic E-state index is 11.1. The summed E-state index contributed by atoms with van der Waals surface area (Å²) < 4.78 is 6.15. The summed E-state index contributed by atoms with van der Waals surface area (Å²) in [5.74, 6) is -2.12. The molecule has 0 spiro atoms. The van der Waals surface area contributed by atoms with Crippen molar-refractivity contribution in [2.24, 2.45) is 0 Å². The highest BCUT2D eigenvalue weighted by molar-refractivity contribution is 5.86. The van der Waals surface area contributed by atoms with Gasteiger partial charge in [0.15, 0.2) is 0 Å². The first kappa shape index (κ1) is 26.3. The van der Waals surface area contributed by atoms with Crippen molar-refractivity contribution in [1.29, 1.82) is 0 Å². The zero-order valence-electron chi connectivity index (χ0n) is 17.0. The van der Waals surface area contributed by atoms with Crippen LogP contribution in [0.1, 0.15) is 26.2 Å². The van der Waals surface area contributed by atoms with Crippen LogP contribution in [0.25, 0.3) is 0 Å². The topological polar surface area (TPSA) is 104 Å². The number of rotatable bonds is 11. The highest BCUT2D eigenvalue weighted by Crippen LogP contribution is 2.04. The summed E-state index contributed by atoms with van der Waals surface area (Å²) in [6, 6.07) is 0. The second-order valence-corrected chi connectivity index (χ2v) is 7.97. The maximum Gasteiger partial charge on any atom is 0.333 e. The minimum atomic E-state index is -1.00. The summed E-state index contributed by atoms with van der Waals surface area (Å²) in [6.45, 7) is 7.23. The van der Waals surface area contributed by atoms with Crippen LogP contribution in [0.5, 0.6) is 0 Å². The van der Waals surface area contributed by atoms with Crippen molar-refractivity contribution in [2.75, 3.05) is 61.5 Å². The minimum Gasteiger partial charge on any atom is -0.544 e. The fourth-order valence-corrected chi connectivity index (χ4v) is 1.94. The Morgan fingerprint density at radius 1 is 1.04 bits per heavy atom. The Balaban J connectivity index is 0. The molecule has 0 amide bonds. The van der Waals surface area contributed by atoms with Gasteiger partial charge in [-0.1, -0.05) is 6.58 Å². The Hall–Kier alpha value is -1.93. The molecule has 0 saturated carbocycles. The van der Waals surface area contributed by atoms with Crippen LogP contribution < -0.4 is 5.11 Å². The van der Waals surface area contributed by atoms with E-state index in [-0.39, 0.29) is 18.9 Å². The molecule has 0 rings (SSSR count). The molecule has 0 bridgehead atoms. The third kappa shape index (κ3) is 20.1. The van der Waals surface area contributed by atoms with Gasteiger partial charge < -0.3 is 28.7 Å². The second-order valence-electron chi connectivity index (χ2n) is 7.97. The van der Waals surface area contributed by atoms with Crippen molar-refractivity contribution >= 4 is 17.9 Å². The number of quaternary nitrogens is 2. The Morgan fingerprint density at radius 2 is 1.54 bits per heavy atom. The first-order valence-electron chi connectivity index (χ1n) is 8.53. The molecule has 0 unspecified atom stereocenters. The van der Waals surface area contributed by atoms with Crippen molar-refractivity contribution in [2.45, 2.75) is 26.2 Å². The molecule has 0 atom stereocenters. The standard InChI is InChI=1S/C13H23NO4.C5H11NO2/c1-11(2)13(17)18-10-6-9-14(3,4)8-5-7-12(15)16;1-6(2,3)4-5(7)8/h1,5-10H2,2-4H3;4H2,1-3H3/p+1. The fraction of sp³-hybridized carbons (Fsp3) is 0.722. The summed E-state index contributed by atoms with van der Waals surface area (Å²) in [7, 11) is 9.49. The largest absolute Gasteiger partial charge is 0.544 e. The average molecular weight is 375 g/mol. The van der Waals surface area contributed by atoms with Gasteiger partial charge in [-0.3, -0.25) is 4.79 Å². The number of carbonyl (C=O) groups excluding carboxylic acids is 2. The third-order valence-corrected chi connectivity index (χ3v) is 3.25. The maximum atomic E-state index is 11.1. The van der Waals surface area contributed by atoms with Crippen molar-refractivity contribution < 1.29 is 38.3 Å². The molecule has 1 N–H and O–H groups in total. The highest BCUT2D eigenvalue weighted by Gasteiger charge is 2.15. The van der Waals surface area contributed by atoms with Gasteiger partial charge in [-0.25, -0.2) is 4.79 Å². The van der Waals surface area contributed by atoms with Crippen LogP contribution in [0.15, 0.2) is 12.2 Å². The van der Waals surface area contributed by atoms with Crippen LogP contribution in [0.2, 0.25) is 0 Å². The molecule has 8 nitrogen and oxygen atoms in total. The molecule has 0 saturated heterocycles. The molecule has 0 aromatic carbocycles. The van der Waals surface area contributed by atoms with Gasteiger partial charge >= 0.3 is 11.9 Å². The zero-order chi connectivity index (χ0) is 21.0. The van der Waals surface area contributed by atoms with Crippen molar-refractivity contribution in [3.63, 3.8) is 0 Å². The van der Waals surface area contributed by atoms with Crippen molar-refractivity contribution in [3.8, 4) is 0 Å². The summed E-state index contributed by atoms with van der Waals surface area (Å²) in [4.78, 5) is 31.4. The van der Waals surface area contributed by atoms with Crippen LogP contribution in [0, 0.1) is 0 Å². The monoisotopic (exact) mass is 375 g/mol. The number of carbonyl (C=O) groups is 3. The molecule has 8 heteroatoms. The van der Waals surface area contributed by atoms with E-state index in [0.29, 0.717) is 23.1 Å². The first-order chi connectivity index (χ1) is 11.7. The second kappa shape index (κ2) is 12.4. The molecule has 0 aliphatic carbocycles. The van der Waals surface area contributed by atoms with Crippen LogP contribution in [-0.2, 0) is 19.1 Å². The number of aliphatic carboxylic acids is 2. The lowest BCUT2D eigenvalue weighted by atomic mass is 10.2. The van der Waals surface area contributed by atoms with Crippen LogP contribution >= 0.6 is 0 Å². The van der Waals surface area contributed by atoms with Crippen LogP contribution in [0.3, 0.4) is 0 Å². The molecule has 0 aliphatic heterocycles. The average Bonchev–Trinajstić information content (AvgIpc) is 2.40. The number of carboxylic acid groups (broad SMARTS) is 2. The van der Waals surface area contributed by atoms with E-state index >= 15 is 0 Å². The Bertz CT molecular complexity index is 481. The summed E-state index contributed by atoms with van der Waals surface area (Å²) in [5.41, 5.74) is 0.408. The lowest BCUT2D eigenvalue weighted by Gasteiger charge is -2.29. The molecule has 152 valence electrons. The van der Waals surface area contributed by atoms with E-state index in [2.05, 4.69) is 6.58 Å². The quantitative estimate of drug-likeness (QED) is 0.234. The van der Waals surface area contributed by atoms with Gasteiger partial charge in [0, 0.05) is 18.4 Å². The number of likely N-dealkylation sites (N-methyl/N-ethyl adjacent to an activating group) is 1. The highest BCUT2D eigenvalue weighted by atomic mass is 16.5. The normalized spacial score (nSPS) is 11.2. The van der Waals surface area contributed by atoms with Gasteiger partial charge in [0.25, 0.3) is 0 Å². The summed E-state index contributed by atoms with van der Waals surface area (Å²) in [6.07, 6.45) is 1.62. The number of nitrogens with zero attached hydrogens (tertiary/aromatic N) is 2. The predicted octanol–water partition coefficient (Wildman–Crippen LogP) is -0.120.